The standard InChI is InChI=1S/C34H31FN2O4S2/c1-36-32(24-8-4-2-5-9-24)21-37(27-10-6-3-7-11-27)31-19-26(13-12-23-16-17-42-22-23)28(20-33(31)43(36,40)41)25-14-15-30(35)29(18-25)34(38)39/h3,6-7,10-11,14-20,22,24,32H,2,4-5,8-9,21H2,1H3,(H,38,39)/t32-/m0/s1. The number of sulfonamides is 1. The normalized spacial score (nSPS) is 18.7. The minimum Gasteiger partial charge on any atom is -0.478 e. The van der Waals surface area contributed by atoms with Gasteiger partial charge in [-0.15, -0.1) is 0 Å². The third-order valence-corrected chi connectivity index (χ3v) is 11.1. The Morgan fingerprint density at radius 1 is 1.00 bits per heavy atom. The zero-order valence-corrected chi connectivity index (χ0v) is 25.3. The molecule has 2 heterocycles. The van der Waals surface area contributed by atoms with Crippen LogP contribution in [0.5, 0.6) is 0 Å². The van der Waals surface area contributed by atoms with Crippen molar-refractivity contribution in [2.75, 3.05) is 18.5 Å². The van der Waals surface area contributed by atoms with Gasteiger partial charge in [0.1, 0.15) is 10.7 Å². The second kappa shape index (κ2) is 12.0. The maximum absolute atomic E-state index is 14.4. The number of rotatable bonds is 4. The molecule has 1 fully saturated rings. The number of nitrogens with zero attached hydrogens (tertiary/aromatic N) is 2. The third kappa shape index (κ3) is 5.70. The molecular weight excluding hydrogens is 584 g/mol. The molecule has 2 aliphatic rings. The summed E-state index contributed by atoms with van der Waals surface area (Å²) in [7, 11) is -2.32. The second-order valence-corrected chi connectivity index (χ2v) is 13.8. The number of fused-ring (bicyclic) bond motifs is 1. The maximum Gasteiger partial charge on any atom is 0.338 e. The molecule has 0 unspecified atom stereocenters. The SMILES string of the molecule is CN1[C@H](C2CCCCC2)CN(c2ccccc2)c2cc(C#Cc3ccsc3)c(-c3ccc(F)c(C(=O)O)c3)cc2S1(=O)=O. The number of hydrogen-bond acceptors (Lipinski definition) is 5. The van der Waals surface area contributed by atoms with Crippen LogP contribution in [0.1, 0.15) is 53.6 Å². The zero-order valence-electron chi connectivity index (χ0n) is 23.7. The predicted octanol–water partition coefficient (Wildman–Crippen LogP) is 7.37. The highest BCUT2D eigenvalue weighted by atomic mass is 32.2. The fourth-order valence-electron chi connectivity index (χ4n) is 6.21. The van der Waals surface area contributed by atoms with Crippen LogP contribution < -0.4 is 4.90 Å². The number of carboxylic acids is 1. The van der Waals surface area contributed by atoms with E-state index in [0.717, 1.165) is 49.4 Å². The summed E-state index contributed by atoms with van der Waals surface area (Å²) >= 11 is 1.52. The van der Waals surface area contributed by atoms with Gasteiger partial charge in [-0.1, -0.05) is 55.4 Å². The summed E-state index contributed by atoms with van der Waals surface area (Å²) in [6.45, 7) is 0.480. The molecule has 43 heavy (non-hydrogen) atoms. The molecule has 220 valence electrons. The van der Waals surface area contributed by atoms with E-state index in [4.69, 9.17) is 0 Å². The fourth-order valence-corrected chi connectivity index (χ4v) is 8.40. The molecule has 0 spiro atoms. The number of carboxylic acid groups (broad SMARTS) is 1. The van der Waals surface area contributed by atoms with Gasteiger partial charge >= 0.3 is 5.97 Å². The predicted molar refractivity (Wildman–Crippen MR) is 168 cm³/mol. The monoisotopic (exact) mass is 614 g/mol. The van der Waals surface area contributed by atoms with Gasteiger partial charge < -0.3 is 10.0 Å². The summed E-state index contributed by atoms with van der Waals surface area (Å²) in [5, 5.41) is 13.5. The van der Waals surface area contributed by atoms with Gasteiger partial charge in [-0.25, -0.2) is 17.6 Å². The molecule has 1 aliphatic heterocycles. The van der Waals surface area contributed by atoms with E-state index in [1.165, 1.54) is 27.8 Å². The zero-order chi connectivity index (χ0) is 30.1. The van der Waals surface area contributed by atoms with E-state index in [1.54, 1.807) is 19.2 Å². The molecule has 6 nitrogen and oxygen atoms in total. The number of anilines is 2. The Balaban J connectivity index is 1.61. The smallest absolute Gasteiger partial charge is 0.338 e. The van der Waals surface area contributed by atoms with Crippen molar-refractivity contribution < 1.29 is 22.7 Å². The maximum atomic E-state index is 14.4. The van der Waals surface area contributed by atoms with E-state index in [1.807, 2.05) is 47.2 Å². The lowest BCUT2D eigenvalue weighted by molar-refractivity contribution is 0.0692. The van der Waals surface area contributed by atoms with Crippen LogP contribution >= 0.6 is 11.3 Å². The van der Waals surface area contributed by atoms with E-state index in [-0.39, 0.29) is 16.9 Å². The molecule has 6 rings (SSSR count). The van der Waals surface area contributed by atoms with Crippen molar-refractivity contribution in [3.8, 4) is 23.0 Å². The van der Waals surface area contributed by atoms with Crippen molar-refractivity contribution in [3.05, 3.63) is 100.0 Å². The van der Waals surface area contributed by atoms with Crippen LogP contribution in [0.4, 0.5) is 15.8 Å². The van der Waals surface area contributed by atoms with Crippen molar-refractivity contribution in [3.63, 3.8) is 0 Å². The van der Waals surface area contributed by atoms with Gasteiger partial charge in [0.2, 0.25) is 10.0 Å². The Kier molecular flexibility index (Phi) is 8.10. The van der Waals surface area contributed by atoms with E-state index in [0.29, 0.717) is 28.9 Å². The van der Waals surface area contributed by atoms with E-state index >= 15 is 0 Å². The number of carbonyl (C=O) groups is 1. The Morgan fingerprint density at radius 3 is 2.47 bits per heavy atom. The van der Waals surface area contributed by atoms with Crippen LogP contribution in [-0.2, 0) is 10.0 Å². The molecule has 0 radical (unpaired) electrons. The number of hydrogen-bond donors (Lipinski definition) is 1. The van der Waals surface area contributed by atoms with E-state index in [9.17, 15) is 22.7 Å². The van der Waals surface area contributed by atoms with E-state index in [2.05, 4.69) is 16.7 Å². The molecule has 0 bridgehead atoms. The minimum atomic E-state index is -3.98. The molecule has 1 saturated carbocycles. The third-order valence-electron chi connectivity index (χ3n) is 8.52. The summed E-state index contributed by atoms with van der Waals surface area (Å²) in [6, 6.07) is 18.6. The van der Waals surface area contributed by atoms with Gasteiger partial charge in [0.05, 0.1) is 11.3 Å². The molecule has 9 heteroatoms. The van der Waals surface area contributed by atoms with Crippen molar-refractivity contribution in [1.29, 1.82) is 0 Å². The van der Waals surface area contributed by atoms with Gasteiger partial charge in [0.25, 0.3) is 0 Å². The first-order chi connectivity index (χ1) is 20.7. The van der Waals surface area contributed by atoms with Gasteiger partial charge in [-0.2, -0.15) is 15.6 Å². The van der Waals surface area contributed by atoms with Crippen LogP contribution in [0.15, 0.2) is 82.4 Å². The van der Waals surface area contributed by atoms with Crippen LogP contribution in [0.25, 0.3) is 11.1 Å². The number of aromatic carboxylic acids is 1. The van der Waals surface area contributed by atoms with Gasteiger partial charge in [0.15, 0.2) is 0 Å². The van der Waals surface area contributed by atoms with Crippen molar-refractivity contribution in [1.82, 2.24) is 4.31 Å². The lowest BCUT2D eigenvalue weighted by Crippen LogP contribution is -2.46. The van der Waals surface area contributed by atoms with Crippen molar-refractivity contribution in [2.24, 2.45) is 5.92 Å². The highest BCUT2D eigenvalue weighted by Gasteiger charge is 2.41. The molecule has 1 N–H and O–H groups in total. The molecular formula is C34H31FN2O4S2. The molecule has 0 saturated heterocycles. The number of thiophene rings is 1. The summed E-state index contributed by atoms with van der Waals surface area (Å²) < 4.78 is 44.8. The van der Waals surface area contributed by atoms with E-state index < -0.39 is 27.4 Å². The first-order valence-corrected chi connectivity index (χ1v) is 16.7. The lowest BCUT2D eigenvalue weighted by atomic mass is 9.83. The Bertz CT molecular complexity index is 1820. The average molecular weight is 615 g/mol. The average Bonchev–Trinajstić information content (AvgIpc) is 3.52. The van der Waals surface area contributed by atoms with Crippen LogP contribution in [0.2, 0.25) is 0 Å². The second-order valence-electron chi connectivity index (χ2n) is 11.1. The molecule has 4 aromatic rings. The lowest BCUT2D eigenvalue weighted by Gasteiger charge is -2.36. The number of para-hydroxylation sites is 1. The molecule has 1 aromatic heterocycles. The number of halogens is 1. The summed E-state index contributed by atoms with van der Waals surface area (Å²) in [4.78, 5) is 14.0. The Labute approximate surface area is 255 Å². The summed E-state index contributed by atoms with van der Waals surface area (Å²) in [6.07, 6.45) is 5.26. The molecule has 1 atom stereocenters. The number of benzene rings is 3. The first kappa shape index (κ1) is 29.1. The Morgan fingerprint density at radius 2 is 1.77 bits per heavy atom. The van der Waals surface area contributed by atoms with Crippen molar-refractivity contribution in [2.45, 2.75) is 43.0 Å². The van der Waals surface area contributed by atoms with Gasteiger partial charge in [-0.05, 0) is 77.7 Å². The van der Waals surface area contributed by atoms with Gasteiger partial charge in [0, 0.05) is 41.8 Å². The summed E-state index contributed by atoms with van der Waals surface area (Å²) in [5.74, 6) is 4.33. The minimum absolute atomic E-state index is 0.106. The largest absolute Gasteiger partial charge is 0.478 e. The molecule has 0 amide bonds. The Hall–Kier alpha value is -3.97. The van der Waals surface area contributed by atoms with Crippen LogP contribution in [0.3, 0.4) is 0 Å². The summed E-state index contributed by atoms with van der Waals surface area (Å²) in [5.41, 5.74) is 3.00. The highest BCUT2D eigenvalue weighted by Crippen LogP contribution is 2.43. The topological polar surface area (TPSA) is 77.9 Å². The highest BCUT2D eigenvalue weighted by molar-refractivity contribution is 7.89. The molecule has 1 aliphatic carbocycles. The van der Waals surface area contributed by atoms with Gasteiger partial charge in [-0.3, -0.25) is 0 Å². The fraction of sp³-hybridized carbons (Fsp3) is 0.265. The quantitative estimate of drug-likeness (QED) is 0.243. The molecule has 3 aromatic carbocycles. The first-order valence-electron chi connectivity index (χ1n) is 14.3. The van der Waals surface area contributed by atoms with Crippen molar-refractivity contribution >= 4 is 38.7 Å². The number of likely N-dealkylation sites (N-methyl/N-ethyl adjacent to an activating group) is 1. The van der Waals surface area contributed by atoms with Crippen LogP contribution in [-0.4, -0.2) is 43.4 Å². The van der Waals surface area contributed by atoms with Crippen LogP contribution in [0, 0.1) is 23.6 Å².